The second-order valence-corrected chi connectivity index (χ2v) is 16.4. The van der Waals surface area contributed by atoms with Crippen molar-refractivity contribution in [3.8, 4) is 22.8 Å². The number of carbonyl (C=O) groups excluding carboxylic acids is 3. The number of carbonyl (C=O) groups is 3. The topological polar surface area (TPSA) is 108 Å². The number of aromatic hydroxyl groups is 1. The maximum absolute atomic E-state index is 15.5. The van der Waals surface area contributed by atoms with Gasteiger partial charge in [0, 0.05) is 87.1 Å². The Labute approximate surface area is 357 Å². The first kappa shape index (κ1) is 41.1. The van der Waals surface area contributed by atoms with Crippen molar-refractivity contribution in [2.24, 2.45) is 0 Å². The molecule has 5 heterocycles. The number of hydrogen-bond donors (Lipinski definition) is 1. The van der Waals surface area contributed by atoms with Crippen LogP contribution in [0.3, 0.4) is 0 Å². The van der Waals surface area contributed by atoms with Crippen molar-refractivity contribution in [2.75, 3.05) is 51.3 Å². The maximum Gasteiger partial charge on any atom is 0.415 e. The summed E-state index contributed by atoms with van der Waals surface area (Å²) < 4.78 is 13.7. The van der Waals surface area contributed by atoms with Crippen LogP contribution >= 0.6 is 12.4 Å². The van der Waals surface area contributed by atoms with E-state index in [1.54, 1.807) is 53.2 Å². The summed E-state index contributed by atoms with van der Waals surface area (Å²) in [6.07, 6.45) is 3.61. The largest absolute Gasteiger partial charge is 0.508 e. The molecule has 1 saturated heterocycles. The highest BCUT2D eigenvalue weighted by atomic mass is 35.5. The van der Waals surface area contributed by atoms with Crippen molar-refractivity contribution in [1.29, 1.82) is 0 Å². The number of aromatic nitrogens is 1. The molecule has 1 atom stereocenters. The van der Waals surface area contributed by atoms with Gasteiger partial charge in [-0.05, 0) is 116 Å². The molecule has 0 saturated carbocycles. The smallest absolute Gasteiger partial charge is 0.415 e. The van der Waals surface area contributed by atoms with Crippen molar-refractivity contribution in [3.05, 3.63) is 136 Å². The molecule has 0 unspecified atom stereocenters. The first-order valence-corrected chi connectivity index (χ1v) is 20.9. The zero-order valence-corrected chi connectivity index (χ0v) is 35.1. The van der Waals surface area contributed by atoms with E-state index in [-0.39, 0.29) is 36.0 Å². The average Bonchev–Trinajstić information content (AvgIpc) is 3.65. The minimum absolute atomic E-state index is 0. The van der Waals surface area contributed by atoms with E-state index in [9.17, 15) is 14.7 Å². The van der Waals surface area contributed by atoms with Crippen LogP contribution in [0.25, 0.3) is 11.3 Å². The molecule has 3 amide bonds. The van der Waals surface area contributed by atoms with Crippen LogP contribution in [-0.4, -0.2) is 94.8 Å². The van der Waals surface area contributed by atoms with Crippen molar-refractivity contribution >= 4 is 36.0 Å². The number of hydrogen-bond acceptors (Lipinski definition) is 7. The molecule has 60 heavy (non-hydrogen) atoms. The Hall–Kier alpha value is -5.62. The number of rotatable bonds is 7. The first-order valence-electron chi connectivity index (χ1n) is 20.9. The number of nitrogens with zero attached hydrogens (tertiary/aromatic N) is 5. The molecule has 1 aromatic heterocycles. The zero-order chi connectivity index (χ0) is 40.6. The predicted molar refractivity (Wildman–Crippen MR) is 233 cm³/mol. The Bertz CT molecular complexity index is 2390. The number of ether oxygens (including phenoxy) is 2. The molecule has 312 valence electrons. The van der Waals surface area contributed by atoms with Crippen LogP contribution in [-0.2, 0) is 43.6 Å². The molecule has 1 fully saturated rings. The number of benzene rings is 4. The first-order chi connectivity index (χ1) is 28.7. The van der Waals surface area contributed by atoms with Gasteiger partial charge in [-0.25, -0.2) is 4.79 Å². The summed E-state index contributed by atoms with van der Waals surface area (Å²) in [6, 6.07) is 28.6. The molecule has 5 aromatic rings. The summed E-state index contributed by atoms with van der Waals surface area (Å²) >= 11 is 0. The Kier molecular flexibility index (Phi) is 12.0. The lowest BCUT2D eigenvalue weighted by molar-refractivity contribution is 0.0193. The van der Waals surface area contributed by atoms with Crippen LogP contribution in [0.4, 0.5) is 10.5 Å². The van der Waals surface area contributed by atoms with Crippen LogP contribution in [0.5, 0.6) is 11.5 Å². The van der Waals surface area contributed by atoms with Crippen LogP contribution in [0, 0.1) is 6.92 Å². The van der Waals surface area contributed by atoms with Crippen LogP contribution in [0.15, 0.2) is 91.0 Å². The van der Waals surface area contributed by atoms with Gasteiger partial charge in [-0.15, -0.1) is 12.4 Å². The Morgan fingerprint density at radius 2 is 1.55 bits per heavy atom. The second-order valence-electron chi connectivity index (χ2n) is 16.4. The van der Waals surface area contributed by atoms with Gasteiger partial charge in [-0.1, -0.05) is 42.0 Å². The highest BCUT2D eigenvalue weighted by Crippen LogP contribution is 2.38. The normalized spacial score (nSPS) is 17.5. The van der Waals surface area contributed by atoms with E-state index in [1.165, 1.54) is 5.56 Å². The number of anilines is 1. The van der Waals surface area contributed by atoms with Gasteiger partial charge >= 0.3 is 6.09 Å². The van der Waals surface area contributed by atoms with Gasteiger partial charge in [-0.3, -0.25) is 14.5 Å². The third-order valence-corrected chi connectivity index (χ3v) is 12.6. The van der Waals surface area contributed by atoms with E-state index >= 15 is 4.79 Å². The molecule has 12 heteroatoms. The van der Waals surface area contributed by atoms with E-state index in [1.807, 2.05) is 37.3 Å². The third-order valence-electron chi connectivity index (χ3n) is 12.6. The molecule has 4 aliphatic rings. The molecule has 0 spiro atoms. The highest BCUT2D eigenvalue weighted by molar-refractivity contribution is 6.08. The molecule has 9 rings (SSSR count). The quantitative estimate of drug-likeness (QED) is 0.180. The van der Waals surface area contributed by atoms with Gasteiger partial charge in [-0.2, -0.15) is 0 Å². The summed E-state index contributed by atoms with van der Waals surface area (Å²) in [5, 5.41) is 9.92. The fourth-order valence-corrected chi connectivity index (χ4v) is 9.21. The lowest BCUT2D eigenvalue weighted by Gasteiger charge is -2.41. The molecule has 0 radical (unpaired) electrons. The summed E-state index contributed by atoms with van der Waals surface area (Å²) in [4.78, 5) is 51.2. The predicted octanol–water partition coefficient (Wildman–Crippen LogP) is 7.66. The molecule has 0 aliphatic carbocycles. The van der Waals surface area contributed by atoms with Crippen LogP contribution in [0.1, 0.15) is 67.1 Å². The van der Waals surface area contributed by atoms with Gasteiger partial charge in [0.25, 0.3) is 11.8 Å². The number of morpholine rings is 1. The van der Waals surface area contributed by atoms with E-state index in [0.717, 1.165) is 91.1 Å². The highest BCUT2D eigenvalue weighted by Gasteiger charge is 2.36. The SMILES string of the molecule is Cc1ccc(OC(=O)N2CCc3cc(-c4cc(C(=O)N(C)c5ccc(O)cc5)c5n4CCCC5)c(C(=O)N4Cc5ccccc5C[C@H]4CN4CCOCC4)cc3C2)cc1.Cl. The zero-order valence-electron chi connectivity index (χ0n) is 34.3. The maximum atomic E-state index is 15.5. The van der Waals surface area contributed by atoms with Gasteiger partial charge < -0.3 is 33.8 Å². The Morgan fingerprint density at radius 1 is 0.800 bits per heavy atom. The van der Waals surface area contributed by atoms with E-state index in [4.69, 9.17) is 9.47 Å². The summed E-state index contributed by atoms with van der Waals surface area (Å²) in [5.74, 6) is 0.432. The standard InChI is InChI=1S/C48H51N5O6.ClH/c1-32-10-16-40(17-11-32)59-48(57)51-20-18-34-26-41(45-28-43(44-9-5-6-19-52(44)45)46(55)49(2)37-12-14-39(54)15-13-37)42(27-36(34)29-51)47(56)53-30-35-8-4-3-7-33(35)25-38(53)31-50-21-23-58-24-22-50;/h3-4,7-8,10-17,26-28,38,54H,5-6,9,18-25,29-31H2,1-2H3;1H/t38-;/m0./s1. The molecule has 4 aliphatic heterocycles. The Morgan fingerprint density at radius 3 is 2.32 bits per heavy atom. The van der Waals surface area contributed by atoms with Crippen molar-refractivity contribution < 1.29 is 29.0 Å². The molecule has 0 bridgehead atoms. The lowest BCUT2D eigenvalue weighted by atomic mass is 9.89. The number of fused-ring (bicyclic) bond motifs is 3. The fraction of sp³-hybridized carbons (Fsp3) is 0.354. The fourth-order valence-electron chi connectivity index (χ4n) is 9.21. The van der Waals surface area contributed by atoms with Crippen molar-refractivity contribution in [3.63, 3.8) is 0 Å². The number of phenols is 1. The summed E-state index contributed by atoms with van der Waals surface area (Å²) in [7, 11) is 1.76. The monoisotopic (exact) mass is 829 g/mol. The van der Waals surface area contributed by atoms with Crippen molar-refractivity contribution in [1.82, 2.24) is 19.3 Å². The Balaban J connectivity index is 0.00000499. The van der Waals surface area contributed by atoms with E-state index in [0.29, 0.717) is 61.8 Å². The van der Waals surface area contributed by atoms with Gasteiger partial charge in [0.05, 0.1) is 18.8 Å². The minimum Gasteiger partial charge on any atom is -0.508 e. The molecule has 4 aromatic carbocycles. The third kappa shape index (κ3) is 8.26. The van der Waals surface area contributed by atoms with E-state index in [2.05, 4.69) is 38.6 Å². The second kappa shape index (κ2) is 17.5. The van der Waals surface area contributed by atoms with Gasteiger partial charge in [0.15, 0.2) is 0 Å². The molecule has 11 nitrogen and oxygen atoms in total. The number of phenolic OH excluding ortho intramolecular Hbond substituents is 1. The minimum atomic E-state index is -0.420. The molecular weight excluding hydrogens is 778 g/mol. The molecule has 1 N–H and O–H groups in total. The van der Waals surface area contributed by atoms with Gasteiger partial charge in [0.2, 0.25) is 0 Å². The van der Waals surface area contributed by atoms with Crippen molar-refractivity contribution in [2.45, 2.75) is 64.7 Å². The van der Waals surface area contributed by atoms with E-state index < -0.39 is 6.09 Å². The average molecular weight is 830 g/mol. The number of aryl methyl sites for hydroxylation is 1. The summed E-state index contributed by atoms with van der Waals surface area (Å²) in [5.41, 5.74) is 9.99. The number of amides is 3. The van der Waals surface area contributed by atoms with Crippen LogP contribution in [0.2, 0.25) is 0 Å². The summed E-state index contributed by atoms with van der Waals surface area (Å²) in [6.45, 7) is 7.75. The molecular formula is C48H52ClN5O6. The van der Waals surface area contributed by atoms with Gasteiger partial charge in [0.1, 0.15) is 11.5 Å². The lowest BCUT2D eigenvalue weighted by Crippen LogP contribution is -2.52. The number of halogens is 1. The van der Waals surface area contributed by atoms with Crippen LogP contribution < -0.4 is 9.64 Å².